The summed E-state index contributed by atoms with van der Waals surface area (Å²) in [6.45, 7) is 6.11. The van der Waals surface area contributed by atoms with Crippen LogP contribution in [0.4, 0.5) is 0 Å². The number of nitrogens with zero attached hydrogens (tertiary/aromatic N) is 2. The van der Waals surface area contributed by atoms with Crippen LogP contribution in [0.3, 0.4) is 0 Å². The second-order valence-corrected chi connectivity index (χ2v) is 5.29. The smallest absolute Gasteiger partial charge is 0.0949 e. The molecule has 4 heteroatoms. The van der Waals surface area contributed by atoms with E-state index in [9.17, 15) is 0 Å². The van der Waals surface area contributed by atoms with Crippen molar-refractivity contribution in [1.29, 1.82) is 0 Å². The van der Waals surface area contributed by atoms with Gasteiger partial charge in [-0.2, -0.15) is 0 Å². The van der Waals surface area contributed by atoms with Crippen LogP contribution >= 0.6 is 0 Å². The van der Waals surface area contributed by atoms with Gasteiger partial charge in [0.15, 0.2) is 0 Å². The van der Waals surface area contributed by atoms with Crippen molar-refractivity contribution in [2.45, 2.75) is 57.8 Å². The van der Waals surface area contributed by atoms with E-state index in [-0.39, 0.29) is 5.60 Å². The van der Waals surface area contributed by atoms with Crippen LogP contribution in [-0.2, 0) is 17.8 Å². The predicted molar refractivity (Wildman–Crippen MR) is 67.8 cm³/mol. The van der Waals surface area contributed by atoms with E-state index in [0.29, 0.717) is 6.04 Å². The molecule has 17 heavy (non-hydrogen) atoms. The highest BCUT2D eigenvalue weighted by Gasteiger charge is 2.37. The summed E-state index contributed by atoms with van der Waals surface area (Å²) >= 11 is 0. The van der Waals surface area contributed by atoms with Crippen molar-refractivity contribution >= 4 is 0 Å². The summed E-state index contributed by atoms with van der Waals surface area (Å²) in [6, 6.07) is 0.499. The molecule has 1 aliphatic rings. The summed E-state index contributed by atoms with van der Waals surface area (Å²) in [6.07, 6.45) is 7.47. The van der Waals surface area contributed by atoms with E-state index >= 15 is 0 Å². The summed E-state index contributed by atoms with van der Waals surface area (Å²) in [5.41, 5.74) is 1.30. The Labute approximate surface area is 103 Å². The number of hydrogen-bond acceptors (Lipinski definition) is 3. The molecule has 1 aliphatic carbocycles. The molecule has 0 atom stereocenters. The number of hydrogen-bond donors (Lipinski definition) is 1. The maximum absolute atomic E-state index is 5.66. The minimum atomic E-state index is 0.0628. The van der Waals surface area contributed by atoms with Crippen molar-refractivity contribution in [3.63, 3.8) is 0 Å². The lowest BCUT2D eigenvalue weighted by atomic mass is 9.80. The standard InChI is InChI=1S/C13H23N3O/c1-11(2)15-8-12-7-14-10-16(12)9-13(17-3)5-4-6-13/h7,10-11,15H,4-6,8-9H2,1-3H3. The molecule has 0 unspecified atom stereocenters. The number of ether oxygens (including phenoxy) is 1. The second-order valence-electron chi connectivity index (χ2n) is 5.29. The second kappa shape index (κ2) is 5.19. The van der Waals surface area contributed by atoms with Gasteiger partial charge in [0, 0.05) is 25.9 Å². The topological polar surface area (TPSA) is 39.1 Å². The molecule has 1 heterocycles. The SMILES string of the molecule is COC1(Cn2cncc2CNC(C)C)CCC1. The quantitative estimate of drug-likeness (QED) is 0.822. The molecule has 4 nitrogen and oxygen atoms in total. The fraction of sp³-hybridized carbons (Fsp3) is 0.769. The van der Waals surface area contributed by atoms with Crippen LogP contribution in [0.15, 0.2) is 12.5 Å². The zero-order chi connectivity index (χ0) is 12.3. The van der Waals surface area contributed by atoms with Crippen molar-refractivity contribution in [3.05, 3.63) is 18.2 Å². The van der Waals surface area contributed by atoms with Crippen LogP contribution in [0, 0.1) is 0 Å². The zero-order valence-corrected chi connectivity index (χ0v) is 11.1. The van der Waals surface area contributed by atoms with Gasteiger partial charge in [0.1, 0.15) is 0 Å². The monoisotopic (exact) mass is 237 g/mol. The summed E-state index contributed by atoms with van der Waals surface area (Å²) in [5.74, 6) is 0. The number of rotatable bonds is 6. The molecule has 0 amide bonds. The lowest BCUT2D eigenvalue weighted by molar-refractivity contribution is -0.0839. The van der Waals surface area contributed by atoms with Gasteiger partial charge in [-0.05, 0) is 19.3 Å². The Morgan fingerprint density at radius 2 is 2.29 bits per heavy atom. The Hall–Kier alpha value is -0.870. The fourth-order valence-corrected chi connectivity index (χ4v) is 2.25. The highest BCUT2D eigenvalue weighted by Crippen LogP contribution is 2.36. The molecule has 2 rings (SSSR count). The van der Waals surface area contributed by atoms with Crippen LogP contribution in [0.25, 0.3) is 0 Å². The third-order valence-corrected chi connectivity index (χ3v) is 3.65. The normalized spacial score (nSPS) is 18.4. The Bertz CT molecular complexity index is 350. The van der Waals surface area contributed by atoms with E-state index in [0.717, 1.165) is 13.1 Å². The van der Waals surface area contributed by atoms with Crippen LogP contribution in [-0.4, -0.2) is 28.3 Å². The average molecular weight is 237 g/mol. The molecule has 1 aromatic heterocycles. The summed E-state index contributed by atoms with van der Waals surface area (Å²) in [4.78, 5) is 4.24. The molecule has 0 saturated heterocycles. The molecule has 0 aromatic carbocycles. The maximum atomic E-state index is 5.66. The molecular formula is C13H23N3O. The van der Waals surface area contributed by atoms with Gasteiger partial charge in [0.05, 0.1) is 24.2 Å². The van der Waals surface area contributed by atoms with Gasteiger partial charge in [0.25, 0.3) is 0 Å². The van der Waals surface area contributed by atoms with E-state index in [2.05, 4.69) is 28.7 Å². The maximum Gasteiger partial charge on any atom is 0.0949 e. The van der Waals surface area contributed by atoms with Crippen LogP contribution in [0.5, 0.6) is 0 Å². The van der Waals surface area contributed by atoms with E-state index in [1.807, 2.05) is 19.6 Å². The third-order valence-electron chi connectivity index (χ3n) is 3.65. The van der Waals surface area contributed by atoms with Crippen molar-refractivity contribution in [2.75, 3.05) is 7.11 Å². The van der Waals surface area contributed by atoms with E-state index < -0.39 is 0 Å². The number of imidazole rings is 1. The van der Waals surface area contributed by atoms with Crippen molar-refractivity contribution in [3.8, 4) is 0 Å². The van der Waals surface area contributed by atoms with E-state index in [4.69, 9.17) is 4.74 Å². The van der Waals surface area contributed by atoms with Crippen molar-refractivity contribution in [2.24, 2.45) is 0 Å². The van der Waals surface area contributed by atoms with Gasteiger partial charge in [-0.3, -0.25) is 0 Å². The lowest BCUT2D eigenvalue weighted by Gasteiger charge is -2.41. The Balaban J connectivity index is 1.98. The molecule has 96 valence electrons. The van der Waals surface area contributed by atoms with Gasteiger partial charge in [0.2, 0.25) is 0 Å². The first-order valence-corrected chi connectivity index (χ1v) is 6.43. The first-order valence-electron chi connectivity index (χ1n) is 6.43. The fourth-order valence-electron chi connectivity index (χ4n) is 2.25. The van der Waals surface area contributed by atoms with Gasteiger partial charge in [-0.1, -0.05) is 13.8 Å². The summed E-state index contributed by atoms with van der Waals surface area (Å²) in [7, 11) is 1.82. The molecule has 0 bridgehead atoms. The van der Waals surface area contributed by atoms with Gasteiger partial charge >= 0.3 is 0 Å². The molecule has 1 aromatic rings. The largest absolute Gasteiger partial charge is 0.376 e. The Morgan fingerprint density at radius 3 is 2.82 bits per heavy atom. The van der Waals surface area contributed by atoms with Crippen molar-refractivity contribution < 1.29 is 4.74 Å². The van der Waals surface area contributed by atoms with Crippen LogP contribution < -0.4 is 5.32 Å². The predicted octanol–water partition coefficient (Wildman–Crippen LogP) is 1.95. The molecule has 0 aliphatic heterocycles. The number of nitrogens with one attached hydrogen (secondary N) is 1. The highest BCUT2D eigenvalue weighted by molar-refractivity contribution is 5.01. The van der Waals surface area contributed by atoms with Gasteiger partial charge in [-0.15, -0.1) is 0 Å². The van der Waals surface area contributed by atoms with Gasteiger partial charge in [-0.25, -0.2) is 4.98 Å². The molecule has 1 N–H and O–H groups in total. The minimum Gasteiger partial charge on any atom is -0.376 e. The van der Waals surface area contributed by atoms with Crippen LogP contribution in [0.1, 0.15) is 38.8 Å². The number of methoxy groups -OCH3 is 1. The molecule has 0 radical (unpaired) electrons. The molecule has 1 fully saturated rings. The molecule has 0 spiro atoms. The third kappa shape index (κ3) is 2.87. The highest BCUT2D eigenvalue weighted by atomic mass is 16.5. The summed E-state index contributed by atoms with van der Waals surface area (Å²) < 4.78 is 7.88. The Kier molecular flexibility index (Phi) is 3.84. The van der Waals surface area contributed by atoms with Crippen LogP contribution in [0.2, 0.25) is 0 Å². The van der Waals surface area contributed by atoms with Gasteiger partial charge < -0.3 is 14.6 Å². The first-order chi connectivity index (χ1) is 8.15. The van der Waals surface area contributed by atoms with E-state index in [1.54, 1.807) is 0 Å². The lowest BCUT2D eigenvalue weighted by Crippen LogP contribution is -2.43. The van der Waals surface area contributed by atoms with E-state index in [1.165, 1.54) is 25.0 Å². The zero-order valence-electron chi connectivity index (χ0n) is 11.1. The summed E-state index contributed by atoms with van der Waals surface area (Å²) in [5, 5.41) is 3.43. The average Bonchev–Trinajstić information content (AvgIpc) is 2.67. The molecule has 1 saturated carbocycles. The minimum absolute atomic E-state index is 0.0628. The molecular weight excluding hydrogens is 214 g/mol. The van der Waals surface area contributed by atoms with Crippen molar-refractivity contribution in [1.82, 2.24) is 14.9 Å². The Morgan fingerprint density at radius 1 is 1.53 bits per heavy atom. The first kappa shape index (κ1) is 12.6. The number of aromatic nitrogens is 2.